The number of guanidine groups is 1. The molecule has 1 saturated heterocycles. The van der Waals surface area contributed by atoms with E-state index in [1.807, 2.05) is 38.1 Å². The lowest BCUT2D eigenvalue weighted by Crippen LogP contribution is -2.51. The molecule has 5 nitrogen and oxygen atoms in total. The molecule has 1 aromatic carbocycles. The quantitative estimate of drug-likeness (QED) is 0.439. The van der Waals surface area contributed by atoms with Crippen molar-refractivity contribution >= 4 is 47.2 Å². The lowest BCUT2D eigenvalue weighted by atomic mass is 9.96. The van der Waals surface area contributed by atoms with Gasteiger partial charge >= 0.3 is 0 Å². The molecule has 1 heterocycles. The molecule has 1 fully saturated rings. The minimum absolute atomic E-state index is 0. The molecule has 23 heavy (non-hydrogen) atoms. The van der Waals surface area contributed by atoms with Crippen LogP contribution in [0.15, 0.2) is 29.3 Å². The monoisotopic (exact) mass is 447 g/mol. The third kappa shape index (κ3) is 5.74. The van der Waals surface area contributed by atoms with Gasteiger partial charge < -0.3 is 15.5 Å². The predicted octanol–water partition coefficient (Wildman–Crippen LogP) is 2.94. The first-order chi connectivity index (χ1) is 10.4. The molecule has 0 amide bonds. The summed E-state index contributed by atoms with van der Waals surface area (Å²) < 4.78 is 0. The summed E-state index contributed by atoms with van der Waals surface area (Å²) in [6, 6.07) is 10.1. The maximum Gasteiger partial charge on any atom is 0.191 e. The topological polar surface area (TPSA) is 68.6 Å². The molecule has 0 aromatic heterocycles. The van der Waals surface area contributed by atoms with Crippen LogP contribution in [0.5, 0.6) is 0 Å². The van der Waals surface area contributed by atoms with E-state index in [-0.39, 0.29) is 24.0 Å². The molecule has 126 valence electrons. The van der Waals surface area contributed by atoms with Gasteiger partial charge in [-0.1, -0.05) is 11.6 Å². The van der Waals surface area contributed by atoms with Gasteiger partial charge in [-0.25, -0.2) is 0 Å². The van der Waals surface area contributed by atoms with Gasteiger partial charge in [-0.3, -0.25) is 4.99 Å². The summed E-state index contributed by atoms with van der Waals surface area (Å²) in [7, 11) is 0. The van der Waals surface area contributed by atoms with E-state index in [1.165, 1.54) is 5.69 Å². The summed E-state index contributed by atoms with van der Waals surface area (Å²) in [6.45, 7) is 7.58. The standard InChI is InChI=1S/C16H22ClN5.HI/c1-16(2,11-18)12-20-15(19)22-9-7-21(8-10-22)14-5-3-13(17)4-6-14;/h3-6H,7-10,12H2,1-2H3,(H2,19,20);1H. The first-order valence-electron chi connectivity index (χ1n) is 7.38. The zero-order valence-corrected chi connectivity index (χ0v) is 16.6. The van der Waals surface area contributed by atoms with Crippen molar-refractivity contribution in [2.24, 2.45) is 16.1 Å². The number of nitrogens with two attached hydrogens (primary N) is 1. The molecule has 2 rings (SSSR count). The fraction of sp³-hybridized carbons (Fsp3) is 0.500. The molecule has 0 radical (unpaired) electrons. The number of aliphatic imine (C=N–C) groups is 1. The third-order valence-corrected chi connectivity index (χ3v) is 3.99. The van der Waals surface area contributed by atoms with E-state index in [9.17, 15) is 0 Å². The Kier molecular flexibility index (Phi) is 7.42. The summed E-state index contributed by atoms with van der Waals surface area (Å²) in [4.78, 5) is 8.74. The van der Waals surface area contributed by atoms with Crippen LogP contribution in [0, 0.1) is 16.7 Å². The van der Waals surface area contributed by atoms with Gasteiger partial charge in [0.1, 0.15) is 0 Å². The molecule has 0 atom stereocenters. The molecule has 1 aromatic rings. The van der Waals surface area contributed by atoms with Crippen LogP contribution >= 0.6 is 35.6 Å². The van der Waals surface area contributed by atoms with Crippen molar-refractivity contribution in [1.82, 2.24) is 4.90 Å². The third-order valence-electron chi connectivity index (χ3n) is 3.73. The maximum absolute atomic E-state index is 9.01. The molecule has 0 aliphatic carbocycles. The first-order valence-corrected chi connectivity index (χ1v) is 7.76. The average molecular weight is 448 g/mol. The van der Waals surface area contributed by atoms with Crippen LogP contribution in [0.1, 0.15) is 13.8 Å². The second-order valence-electron chi connectivity index (χ2n) is 6.12. The van der Waals surface area contributed by atoms with Crippen molar-refractivity contribution in [2.45, 2.75) is 13.8 Å². The van der Waals surface area contributed by atoms with Crippen LogP contribution < -0.4 is 10.6 Å². The van der Waals surface area contributed by atoms with E-state index >= 15 is 0 Å². The number of nitriles is 1. The molecule has 1 aliphatic rings. The lowest BCUT2D eigenvalue weighted by molar-refractivity contribution is 0.378. The van der Waals surface area contributed by atoms with Crippen LogP contribution in [0.4, 0.5) is 5.69 Å². The lowest BCUT2D eigenvalue weighted by Gasteiger charge is -2.36. The van der Waals surface area contributed by atoms with E-state index in [0.717, 1.165) is 31.2 Å². The fourth-order valence-electron chi connectivity index (χ4n) is 2.26. The summed E-state index contributed by atoms with van der Waals surface area (Å²) in [5.41, 5.74) is 6.74. The highest BCUT2D eigenvalue weighted by Gasteiger charge is 2.20. The summed E-state index contributed by atoms with van der Waals surface area (Å²) in [5, 5.41) is 9.76. The molecular formula is C16H23ClIN5. The minimum Gasteiger partial charge on any atom is -0.370 e. The van der Waals surface area contributed by atoms with E-state index in [0.29, 0.717) is 12.5 Å². The largest absolute Gasteiger partial charge is 0.370 e. The molecule has 0 spiro atoms. The van der Waals surface area contributed by atoms with E-state index < -0.39 is 5.41 Å². The van der Waals surface area contributed by atoms with E-state index in [2.05, 4.69) is 20.9 Å². The van der Waals surface area contributed by atoms with E-state index in [4.69, 9.17) is 22.6 Å². The SMILES string of the molecule is CC(C)(C#N)CN=C(N)N1CCN(c2ccc(Cl)cc2)CC1.I. The normalized spacial score (nSPS) is 15.8. The van der Waals surface area contributed by atoms with Crippen LogP contribution in [0.3, 0.4) is 0 Å². The van der Waals surface area contributed by atoms with Crippen molar-refractivity contribution in [3.8, 4) is 6.07 Å². The zero-order valence-electron chi connectivity index (χ0n) is 13.5. The van der Waals surface area contributed by atoms with Crippen molar-refractivity contribution in [3.63, 3.8) is 0 Å². The number of piperazine rings is 1. The Hall–Kier alpha value is -1.20. The van der Waals surface area contributed by atoms with Crippen molar-refractivity contribution in [1.29, 1.82) is 5.26 Å². The number of rotatable bonds is 3. The highest BCUT2D eigenvalue weighted by atomic mass is 127. The molecule has 1 aliphatic heterocycles. The zero-order chi connectivity index (χ0) is 16.2. The predicted molar refractivity (Wildman–Crippen MR) is 107 cm³/mol. The number of anilines is 1. The maximum atomic E-state index is 9.01. The highest BCUT2D eigenvalue weighted by molar-refractivity contribution is 14.0. The Labute approximate surface area is 160 Å². The van der Waals surface area contributed by atoms with Crippen LogP contribution in [-0.2, 0) is 0 Å². The molecule has 7 heteroatoms. The number of halogens is 2. The van der Waals surface area contributed by atoms with Crippen LogP contribution in [0.25, 0.3) is 0 Å². The van der Waals surface area contributed by atoms with Gasteiger partial charge in [0.15, 0.2) is 5.96 Å². The Morgan fingerprint density at radius 2 is 1.83 bits per heavy atom. The van der Waals surface area contributed by atoms with E-state index in [1.54, 1.807) is 0 Å². The highest BCUT2D eigenvalue weighted by Crippen LogP contribution is 2.19. The Morgan fingerprint density at radius 1 is 1.26 bits per heavy atom. The second kappa shape index (κ2) is 8.60. The number of hydrogen-bond donors (Lipinski definition) is 1. The van der Waals surface area contributed by atoms with Gasteiger partial charge in [0.25, 0.3) is 0 Å². The fourth-order valence-corrected chi connectivity index (χ4v) is 2.39. The summed E-state index contributed by atoms with van der Waals surface area (Å²) >= 11 is 5.92. The van der Waals surface area contributed by atoms with Gasteiger partial charge in [-0.15, -0.1) is 24.0 Å². The van der Waals surface area contributed by atoms with Gasteiger partial charge in [0, 0.05) is 36.9 Å². The average Bonchev–Trinajstić information content (AvgIpc) is 2.54. The Bertz CT molecular complexity index is 571. The second-order valence-corrected chi connectivity index (χ2v) is 6.56. The molecular weight excluding hydrogens is 425 g/mol. The van der Waals surface area contributed by atoms with Crippen LogP contribution in [0.2, 0.25) is 5.02 Å². The molecule has 2 N–H and O–H groups in total. The summed E-state index contributed by atoms with van der Waals surface area (Å²) in [5.74, 6) is 0.527. The summed E-state index contributed by atoms with van der Waals surface area (Å²) in [6.07, 6.45) is 0. The number of benzene rings is 1. The molecule has 0 bridgehead atoms. The van der Waals surface area contributed by atoms with Crippen molar-refractivity contribution in [2.75, 3.05) is 37.6 Å². The van der Waals surface area contributed by atoms with Crippen molar-refractivity contribution in [3.05, 3.63) is 29.3 Å². The van der Waals surface area contributed by atoms with Gasteiger partial charge in [-0.05, 0) is 38.1 Å². The smallest absolute Gasteiger partial charge is 0.191 e. The Balaban J connectivity index is 0.00000264. The minimum atomic E-state index is -0.476. The van der Waals surface area contributed by atoms with Gasteiger partial charge in [0.2, 0.25) is 0 Å². The number of nitrogens with zero attached hydrogens (tertiary/aromatic N) is 4. The van der Waals surface area contributed by atoms with Gasteiger partial charge in [0.05, 0.1) is 18.0 Å². The van der Waals surface area contributed by atoms with Crippen molar-refractivity contribution < 1.29 is 0 Å². The first kappa shape index (κ1) is 19.8. The van der Waals surface area contributed by atoms with Crippen LogP contribution in [-0.4, -0.2) is 43.6 Å². The Morgan fingerprint density at radius 3 is 2.35 bits per heavy atom. The molecule has 0 saturated carbocycles. The number of hydrogen-bond acceptors (Lipinski definition) is 3. The van der Waals surface area contributed by atoms with Gasteiger partial charge in [-0.2, -0.15) is 5.26 Å². The molecule has 0 unspecified atom stereocenters.